The van der Waals surface area contributed by atoms with Crippen LogP contribution >= 0.6 is 7.82 Å². The normalized spacial score (nSPS) is 23.1. The second-order valence-corrected chi connectivity index (χ2v) is 5.36. The van der Waals surface area contributed by atoms with E-state index in [0.29, 0.717) is 5.56 Å². The van der Waals surface area contributed by atoms with E-state index < -0.39 is 38.2 Å². The first-order valence-electron chi connectivity index (χ1n) is 5.55. The predicted octanol–water partition coefficient (Wildman–Crippen LogP) is -1.17. The quantitative estimate of drug-likeness (QED) is 0.591. The molecule has 0 radical (unpaired) electrons. The second-order valence-electron chi connectivity index (χ2n) is 4.12. The summed E-state index contributed by atoms with van der Waals surface area (Å²) in [4.78, 5) is 42.1. The van der Waals surface area contributed by atoms with Crippen molar-refractivity contribution in [1.29, 1.82) is 0 Å². The summed E-state index contributed by atoms with van der Waals surface area (Å²) in [6, 6.07) is 0. The first kappa shape index (κ1) is 15.1. The van der Waals surface area contributed by atoms with Crippen molar-refractivity contribution >= 4 is 7.82 Å². The number of nitrogens with one attached hydrogen (secondary N) is 1. The number of phosphoric acid groups is 1. The van der Waals surface area contributed by atoms with Crippen molar-refractivity contribution in [1.82, 2.24) is 9.55 Å². The van der Waals surface area contributed by atoms with E-state index in [0.717, 1.165) is 4.57 Å². The molecule has 1 aliphatic heterocycles. The molecule has 0 saturated carbocycles. The molecule has 0 aromatic carbocycles. The number of hydrogen-bond donors (Lipinski definition) is 3. The summed E-state index contributed by atoms with van der Waals surface area (Å²) in [5.74, 6) is 0. The first-order valence-corrected chi connectivity index (χ1v) is 7.08. The average molecular weight is 308 g/mol. The summed E-state index contributed by atoms with van der Waals surface area (Å²) >= 11 is 0. The van der Waals surface area contributed by atoms with Crippen molar-refractivity contribution in [3.05, 3.63) is 32.6 Å². The highest BCUT2D eigenvalue weighted by Gasteiger charge is 2.30. The number of H-pyrrole nitrogens is 1. The molecular formula is C9H13N2O8P. The molecule has 3 N–H and O–H groups in total. The fraction of sp³-hybridized carbons (Fsp3) is 0.556. The van der Waals surface area contributed by atoms with Crippen LogP contribution in [0.5, 0.6) is 0 Å². The highest BCUT2D eigenvalue weighted by Crippen LogP contribution is 2.36. The van der Waals surface area contributed by atoms with Gasteiger partial charge in [-0.05, 0) is 6.92 Å². The molecule has 11 heteroatoms. The monoisotopic (exact) mass is 308 g/mol. The lowest BCUT2D eigenvalue weighted by atomic mass is 10.4. The van der Waals surface area contributed by atoms with E-state index in [2.05, 4.69) is 9.51 Å². The van der Waals surface area contributed by atoms with Crippen LogP contribution in [0, 0.1) is 6.92 Å². The lowest BCUT2D eigenvalue weighted by molar-refractivity contribution is -0.0975. The number of aromatic nitrogens is 2. The fourth-order valence-electron chi connectivity index (χ4n) is 1.63. The van der Waals surface area contributed by atoms with Crippen LogP contribution in [0.15, 0.2) is 15.8 Å². The first-order chi connectivity index (χ1) is 9.26. The minimum atomic E-state index is -4.61. The number of phosphoric ester groups is 1. The molecular weight excluding hydrogens is 295 g/mol. The molecule has 0 bridgehead atoms. The van der Waals surface area contributed by atoms with E-state index in [1.165, 1.54) is 13.1 Å². The van der Waals surface area contributed by atoms with Crippen LogP contribution in [0.2, 0.25) is 0 Å². The number of aryl methyl sites for hydroxylation is 1. The third-order valence-electron chi connectivity index (χ3n) is 2.57. The van der Waals surface area contributed by atoms with Crippen LogP contribution < -0.4 is 11.2 Å². The fourth-order valence-corrected chi connectivity index (χ4v) is 1.95. The van der Waals surface area contributed by atoms with Crippen LogP contribution in [0.4, 0.5) is 0 Å². The van der Waals surface area contributed by atoms with E-state index in [4.69, 9.17) is 19.3 Å². The van der Waals surface area contributed by atoms with Gasteiger partial charge in [0.25, 0.3) is 5.56 Å². The van der Waals surface area contributed by atoms with Crippen LogP contribution in [0.25, 0.3) is 0 Å². The van der Waals surface area contributed by atoms with Crippen molar-refractivity contribution in [3.8, 4) is 0 Å². The molecule has 1 saturated heterocycles. The van der Waals surface area contributed by atoms with E-state index >= 15 is 0 Å². The Labute approximate surface area is 112 Å². The summed E-state index contributed by atoms with van der Waals surface area (Å²) in [7, 11) is -4.61. The minimum Gasteiger partial charge on any atom is -0.345 e. The molecule has 0 amide bonds. The van der Waals surface area contributed by atoms with Gasteiger partial charge in [0.1, 0.15) is 6.61 Å². The van der Waals surface area contributed by atoms with Gasteiger partial charge >= 0.3 is 13.5 Å². The molecule has 1 aromatic rings. The highest BCUT2D eigenvalue weighted by atomic mass is 31.2. The molecule has 2 heterocycles. The number of rotatable bonds is 4. The summed E-state index contributed by atoms with van der Waals surface area (Å²) in [5.41, 5.74) is -0.833. The Morgan fingerprint density at radius 1 is 1.55 bits per heavy atom. The second kappa shape index (κ2) is 5.60. The zero-order valence-electron chi connectivity index (χ0n) is 10.4. The molecule has 10 nitrogen and oxygen atoms in total. The molecule has 1 fully saturated rings. The standard InChI is InChI=1S/C9H13N2O8P/c1-5-2-11(9(13)10-8(5)12)6-3-17-7(19-6)4-18-20(14,15)16/h2,6-7H,3-4H2,1H3,(H,10,12,13)(H2,14,15,16)/t6-,7-/m1/s1. The Bertz CT molecular complexity index is 646. The largest absolute Gasteiger partial charge is 0.469 e. The van der Waals surface area contributed by atoms with Gasteiger partial charge in [0.15, 0.2) is 12.5 Å². The predicted molar refractivity (Wildman–Crippen MR) is 63.9 cm³/mol. The summed E-state index contributed by atoms with van der Waals surface area (Å²) < 4.78 is 26.3. The number of aromatic amines is 1. The topological polar surface area (TPSA) is 140 Å². The van der Waals surface area contributed by atoms with Crippen LogP contribution in [0.3, 0.4) is 0 Å². The van der Waals surface area contributed by atoms with Crippen LogP contribution in [0.1, 0.15) is 11.8 Å². The molecule has 0 unspecified atom stereocenters. The summed E-state index contributed by atoms with van der Waals surface area (Å²) in [5, 5.41) is 0. The van der Waals surface area contributed by atoms with Gasteiger partial charge in [0, 0.05) is 11.8 Å². The van der Waals surface area contributed by atoms with Gasteiger partial charge in [-0.25, -0.2) is 9.36 Å². The number of nitrogens with zero attached hydrogens (tertiary/aromatic N) is 1. The smallest absolute Gasteiger partial charge is 0.345 e. The van der Waals surface area contributed by atoms with Gasteiger partial charge < -0.3 is 19.3 Å². The third-order valence-corrected chi connectivity index (χ3v) is 3.05. The molecule has 1 aromatic heterocycles. The Hall–Kier alpha value is -1.29. The highest BCUT2D eigenvalue weighted by molar-refractivity contribution is 7.46. The number of hydrogen-bond acceptors (Lipinski definition) is 6. The Balaban J connectivity index is 2.06. The number of ether oxygens (including phenoxy) is 2. The van der Waals surface area contributed by atoms with Gasteiger partial charge in [-0.3, -0.25) is 18.9 Å². The van der Waals surface area contributed by atoms with Gasteiger partial charge in [-0.15, -0.1) is 0 Å². The van der Waals surface area contributed by atoms with Crippen molar-refractivity contribution in [2.24, 2.45) is 0 Å². The van der Waals surface area contributed by atoms with Gasteiger partial charge in [0.2, 0.25) is 0 Å². The SMILES string of the molecule is Cc1cn([C@H]2CO[C@@H](COP(=O)(O)O)O2)c(=O)[nH]c1=O. The van der Waals surface area contributed by atoms with E-state index in [1.54, 1.807) is 0 Å². The van der Waals surface area contributed by atoms with Crippen molar-refractivity contribution < 1.29 is 28.3 Å². The maximum Gasteiger partial charge on any atom is 0.469 e. The van der Waals surface area contributed by atoms with E-state index in [-0.39, 0.29) is 6.61 Å². The zero-order valence-corrected chi connectivity index (χ0v) is 11.3. The van der Waals surface area contributed by atoms with Gasteiger partial charge in [0.05, 0.1) is 6.61 Å². The van der Waals surface area contributed by atoms with Gasteiger partial charge in [-0.1, -0.05) is 0 Å². The molecule has 1 aliphatic rings. The molecule has 2 rings (SSSR count). The molecule has 112 valence electrons. The Morgan fingerprint density at radius 2 is 2.25 bits per heavy atom. The van der Waals surface area contributed by atoms with Crippen molar-refractivity contribution in [2.75, 3.05) is 13.2 Å². The molecule has 0 spiro atoms. The average Bonchev–Trinajstić information content (AvgIpc) is 2.79. The van der Waals surface area contributed by atoms with Crippen LogP contribution in [-0.2, 0) is 18.6 Å². The molecule has 0 aliphatic carbocycles. The Kier molecular flexibility index (Phi) is 4.23. The lowest BCUT2D eigenvalue weighted by Gasteiger charge is -2.14. The van der Waals surface area contributed by atoms with Crippen molar-refractivity contribution in [3.63, 3.8) is 0 Å². The minimum absolute atomic E-state index is 0.0133. The third kappa shape index (κ3) is 3.63. The maximum absolute atomic E-state index is 11.6. The van der Waals surface area contributed by atoms with Crippen LogP contribution in [-0.4, -0.2) is 38.8 Å². The van der Waals surface area contributed by atoms with Crippen molar-refractivity contribution in [2.45, 2.75) is 19.4 Å². The Morgan fingerprint density at radius 3 is 2.90 bits per heavy atom. The zero-order chi connectivity index (χ0) is 14.9. The lowest BCUT2D eigenvalue weighted by Crippen LogP contribution is -2.34. The summed E-state index contributed by atoms with van der Waals surface area (Å²) in [6.45, 7) is 1.04. The van der Waals surface area contributed by atoms with E-state index in [9.17, 15) is 14.2 Å². The maximum atomic E-state index is 11.6. The summed E-state index contributed by atoms with van der Waals surface area (Å²) in [6.07, 6.45) is -0.489. The van der Waals surface area contributed by atoms with E-state index in [1.807, 2.05) is 0 Å². The molecule has 20 heavy (non-hydrogen) atoms. The van der Waals surface area contributed by atoms with Gasteiger partial charge in [-0.2, -0.15) is 0 Å². The molecule has 2 atom stereocenters.